The van der Waals surface area contributed by atoms with Crippen molar-refractivity contribution in [3.63, 3.8) is 0 Å². The first-order valence-corrected chi connectivity index (χ1v) is 2.63. The lowest BCUT2D eigenvalue weighted by molar-refractivity contribution is -0.545. The lowest BCUT2D eigenvalue weighted by Gasteiger charge is -2.27. The number of aliphatic hydroxyl groups is 1. The Kier molecular flexibility index (Phi) is 1.05. The molecule has 2 nitrogen and oxygen atoms in total. The Labute approximate surface area is 42.8 Å². The van der Waals surface area contributed by atoms with Gasteiger partial charge in [0.1, 0.15) is 0 Å². The monoisotopic (exact) mass is 101 g/mol. The average Bonchev–Trinajstić information content (AvgIpc) is 1.84. The molecular weight excluding hydrogens is 92.1 g/mol. The van der Waals surface area contributed by atoms with Crippen molar-refractivity contribution < 1.29 is 10.2 Å². The first-order chi connectivity index (χ1) is 3.21. The Morgan fingerprint density at radius 3 is 1.86 bits per heavy atom. The molecule has 0 atom stereocenters. The molecule has 0 aromatic carbocycles. The highest BCUT2D eigenvalue weighted by atomic mass is 16.5. The molecular formula is C5H9O2-. The molecule has 1 N–H and O–H groups in total. The van der Waals surface area contributed by atoms with Gasteiger partial charge in [0, 0.05) is 0 Å². The highest BCUT2D eigenvalue weighted by molar-refractivity contribution is 4.69. The molecule has 0 aliphatic heterocycles. The normalized spacial score (nSPS) is 28.3. The molecule has 0 saturated heterocycles. The topological polar surface area (TPSA) is 43.3 Å². The molecule has 42 valence electrons. The zero-order valence-electron chi connectivity index (χ0n) is 4.18. The van der Waals surface area contributed by atoms with Crippen LogP contribution in [0.15, 0.2) is 0 Å². The summed E-state index contributed by atoms with van der Waals surface area (Å²) < 4.78 is 0. The van der Waals surface area contributed by atoms with Gasteiger partial charge in [-0.2, -0.15) is 0 Å². The van der Waals surface area contributed by atoms with E-state index in [1.165, 1.54) is 0 Å². The second-order valence-electron chi connectivity index (χ2n) is 2.15. The molecule has 0 heterocycles. The molecule has 2 heteroatoms. The molecule has 1 aliphatic rings. The summed E-state index contributed by atoms with van der Waals surface area (Å²) in [5.74, 6) is -1.56. The summed E-state index contributed by atoms with van der Waals surface area (Å²) in [6.07, 6.45) is 2.71. The summed E-state index contributed by atoms with van der Waals surface area (Å²) in [5.41, 5.74) is 0. The molecule has 0 aromatic rings. The number of rotatable bonds is 0. The Balaban J connectivity index is 2.40. The summed E-state index contributed by atoms with van der Waals surface area (Å²) in [6.45, 7) is 0. The van der Waals surface area contributed by atoms with E-state index in [2.05, 4.69) is 0 Å². The number of hydrogen-bond acceptors (Lipinski definition) is 2. The first kappa shape index (κ1) is 5.06. The van der Waals surface area contributed by atoms with Crippen molar-refractivity contribution in [1.29, 1.82) is 0 Å². The van der Waals surface area contributed by atoms with Crippen LogP contribution in [0.5, 0.6) is 0 Å². The van der Waals surface area contributed by atoms with Crippen LogP contribution in [0, 0.1) is 0 Å². The minimum Gasteiger partial charge on any atom is -0.829 e. The maximum atomic E-state index is 10.5. The van der Waals surface area contributed by atoms with E-state index in [0.717, 1.165) is 12.8 Å². The average molecular weight is 101 g/mol. The van der Waals surface area contributed by atoms with Crippen LogP contribution in [0.3, 0.4) is 0 Å². The van der Waals surface area contributed by atoms with Crippen molar-refractivity contribution in [1.82, 2.24) is 0 Å². The molecule has 0 bridgehead atoms. The van der Waals surface area contributed by atoms with Gasteiger partial charge in [-0.3, -0.25) is 0 Å². The van der Waals surface area contributed by atoms with E-state index in [1.807, 2.05) is 0 Å². The summed E-state index contributed by atoms with van der Waals surface area (Å²) >= 11 is 0. The molecule has 0 spiro atoms. The van der Waals surface area contributed by atoms with Crippen LogP contribution in [0.2, 0.25) is 0 Å². The maximum Gasteiger partial charge on any atom is -0.0102 e. The highest BCUT2D eigenvalue weighted by Crippen LogP contribution is 2.23. The van der Waals surface area contributed by atoms with Gasteiger partial charge in [0.25, 0.3) is 0 Å². The molecule has 7 heavy (non-hydrogen) atoms. The van der Waals surface area contributed by atoms with Crippen molar-refractivity contribution in [3.05, 3.63) is 0 Å². The van der Waals surface area contributed by atoms with Gasteiger partial charge >= 0.3 is 0 Å². The van der Waals surface area contributed by atoms with Crippen LogP contribution in [0.25, 0.3) is 0 Å². The van der Waals surface area contributed by atoms with E-state index < -0.39 is 5.79 Å². The van der Waals surface area contributed by atoms with Gasteiger partial charge in [-0.25, -0.2) is 0 Å². The van der Waals surface area contributed by atoms with Crippen LogP contribution in [-0.2, 0) is 0 Å². The third kappa shape index (κ3) is 1.14. The van der Waals surface area contributed by atoms with Crippen molar-refractivity contribution in [2.45, 2.75) is 31.5 Å². The van der Waals surface area contributed by atoms with E-state index in [9.17, 15) is 5.11 Å². The second-order valence-corrected chi connectivity index (χ2v) is 2.15. The van der Waals surface area contributed by atoms with Crippen LogP contribution in [-0.4, -0.2) is 10.9 Å². The van der Waals surface area contributed by atoms with E-state index >= 15 is 0 Å². The first-order valence-electron chi connectivity index (χ1n) is 2.63. The summed E-state index contributed by atoms with van der Waals surface area (Å²) in [5, 5.41) is 19.1. The zero-order chi connectivity index (χ0) is 5.33. The van der Waals surface area contributed by atoms with Crippen molar-refractivity contribution in [2.24, 2.45) is 0 Å². The summed E-state index contributed by atoms with van der Waals surface area (Å²) in [6, 6.07) is 0. The quantitative estimate of drug-likeness (QED) is 0.422. The smallest absolute Gasteiger partial charge is 0.0102 e. The Hall–Kier alpha value is -0.0800. The molecule has 0 aromatic heterocycles. The molecule has 0 radical (unpaired) electrons. The van der Waals surface area contributed by atoms with E-state index in [1.54, 1.807) is 0 Å². The van der Waals surface area contributed by atoms with E-state index in [4.69, 9.17) is 5.11 Å². The van der Waals surface area contributed by atoms with E-state index in [0.29, 0.717) is 12.8 Å². The van der Waals surface area contributed by atoms with E-state index in [-0.39, 0.29) is 0 Å². The molecule has 1 aliphatic carbocycles. The molecule has 0 amide bonds. The molecule has 1 saturated carbocycles. The minimum atomic E-state index is -1.56. The van der Waals surface area contributed by atoms with Gasteiger partial charge in [-0.15, -0.1) is 0 Å². The maximum absolute atomic E-state index is 10.5. The van der Waals surface area contributed by atoms with Gasteiger partial charge in [0.05, 0.1) is 0 Å². The lowest BCUT2D eigenvalue weighted by Crippen LogP contribution is -2.39. The minimum absolute atomic E-state index is 0.451. The molecule has 1 fully saturated rings. The van der Waals surface area contributed by atoms with Crippen LogP contribution in [0.1, 0.15) is 25.7 Å². The second kappa shape index (κ2) is 1.46. The Bertz CT molecular complexity index is 60.5. The standard InChI is InChI=1S/C5H9O2/c6-5(7)3-1-2-4-5/h6H,1-4H2/q-1. The van der Waals surface area contributed by atoms with Gasteiger partial charge in [0.2, 0.25) is 0 Å². The molecule has 1 rings (SSSR count). The predicted molar refractivity (Wildman–Crippen MR) is 23.4 cm³/mol. The SMILES string of the molecule is [O-]C1(O)CCCC1. The molecule has 0 unspecified atom stereocenters. The van der Waals surface area contributed by atoms with Crippen molar-refractivity contribution in [3.8, 4) is 0 Å². The largest absolute Gasteiger partial charge is 0.829 e. The fraction of sp³-hybridized carbons (Fsp3) is 1.00. The van der Waals surface area contributed by atoms with Gasteiger partial charge < -0.3 is 10.2 Å². The van der Waals surface area contributed by atoms with Crippen molar-refractivity contribution >= 4 is 0 Å². The number of hydrogen-bond donors (Lipinski definition) is 1. The predicted octanol–water partition coefficient (Wildman–Crippen LogP) is -0.391. The lowest BCUT2D eigenvalue weighted by atomic mass is 10.2. The van der Waals surface area contributed by atoms with Crippen LogP contribution < -0.4 is 5.11 Å². The Morgan fingerprint density at radius 2 is 1.71 bits per heavy atom. The highest BCUT2D eigenvalue weighted by Gasteiger charge is 2.17. The third-order valence-electron chi connectivity index (χ3n) is 1.38. The summed E-state index contributed by atoms with van der Waals surface area (Å²) in [4.78, 5) is 0. The van der Waals surface area contributed by atoms with Crippen LogP contribution in [0.4, 0.5) is 0 Å². The van der Waals surface area contributed by atoms with Crippen molar-refractivity contribution in [2.75, 3.05) is 0 Å². The van der Waals surface area contributed by atoms with Gasteiger partial charge in [-0.05, 0) is 18.6 Å². The summed E-state index contributed by atoms with van der Waals surface area (Å²) in [7, 11) is 0. The fourth-order valence-electron chi connectivity index (χ4n) is 0.927. The van der Waals surface area contributed by atoms with Gasteiger partial charge in [0.15, 0.2) is 0 Å². The zero-order valence-corrected chi connectivity index (χ0v) is 4.18. The fourth-order valence-corrected chi connectivity index (χ4v) is 0.927. The third-order valence-corrected chi connectivity index (χ3v) is 1.38. The van der Waals surface area contributed by atoms with Crippen LogP contribution >= 0.6 is 0 Å². The van der Waals surface area contributed by atoms with Gasteiger partial charge in [-0.1, -0.05) is 12.8 Å². The Morgan fingerprint density at radius 1 is 1.29 bits per heavy atom.